The molecule has 0 saturated carbocycles. The molecule has 1 atom stereocenters. The van der Waals surface area contributed by atoms with Crippen molar-refractivity contribution < 1.29 is 14.3 Å². The van der Waals surface area contributed by atoms with Gasteiger partial charge in [-0.15, -0.1) is 12.4 Å². The van der Waals surface area contributed by atoms with Crippen LogP contribution >= 0.6 is 12.4 Å². The van der Waals surface area contributed by atoms with Gasteiger partial charge >= 0.3 is 0 Å². The van der Waals surface area contributed by atoms with Gasteiger partial charge in [-0.3, -0.25) is 9.59 Å². The van der Waals surface area contributed by atoms with E-state index in [1.165, 1.54) is 0 Å². The number of hydrogen-bond acceptors (Lipinski definition) is 4. The van der Waals surface area contributed by atoms with Gasteiger partial charge < -0.3 is 20.7 Å². The Bertz CT molecular complexity index is 708. The number of amides is 2. The lowest BCUT2D eigenvalue weighted by Gasteiger charge is -2.19. The fourth-order valence-electron chi connectivity index (χ4n) is 2.48. The van der Waals surface area contributed by atoms with E-state index in [0.29, 0.717) is 17.9 Å². The predicted octanol–water partition coefficient (Wildman–Crippen LogP) is 2.31. The summed E-state index contributed by atoms with van der Waals surface area (Å²) in [7, 11) is 3.43. The molecule has 0 saturated heterocycles. The van der Waals surface area contributed by atoms with E-state index in [1.807, 2.05) is 37.4 Å². The van der Waals surface area contributed by atoms with Gasteiger partial charge in [-0.1, -0.05) is 30.3 Å². The Morgan fingerprint density at radius 1 is 1.00 bits per heavy atom. The lowest BCUT2D eigenvalue weighted by atomic mass is 10.1. The molecule has 3 N–H and O–H groups in total. The minimum Gasteiger partial charge on any atom is -0.497 e. The molecule has 7 heteroatoms. The number of carbonyl (C=O) groups excluding carboxylic acids is 2. The molecule has 1 unspecified atom stereocenters. The van der Waals surface area contributed by atoms with E-state index >= 15 is 0 Å². The van der Waals surface area contributed by atoms with Crippen molar-refractivity contribution in [2.45, 2.75) is 12.5 Å². The zero-order valence-electron chi connectivity index (χ0n) is 15.5. The van der Waals surface area contributed by atoms with Crippen LogP contribution in [0.25, 0.3) is 0 Å². The molecule has 146 valence electrons. The van der Waals surface area contributed by atoms with Crippen LogP contribution < -0.4 is 20.7 Å². The van der Waals surface area contributed by atoms with Crippen molar-refractivity contribution in [1.29, 1.82) is 0 Å². The second-order valence-corrected chi connectivity index (χ2v) is 5.79. The van der Waals surface area contributed by atoms with Crippen LogP contribution in [0, 0.1) is 0 Å². The molecule has 0 aliphatic heterocycles. The Morgan fingerprint density at radius 2 is 1.67 bits per heavy atom. The minimum absolute atomic E-state index is 0. The molecular formula is C20H26ClN3O3. The van der Waals surface area contributed by atoms with Crippen LogP contribution in [0.4, 0.5) is 0 Å². The highest BCUT2D eigenvalue weighted by molar-refractivity contribution is 5.98. The number of methoxy groups -OCH3 is 1. The molecule has 2 amide bonds. The summed E-state index contributed by atoms with van der Waals surface area (Å²) in [6.45, 7) is 1.36. The monoisotopic (exact) mass is 391 g/mol. The highest BCUT2D eigenvalue weighted by atomic mass is 35.5. The zero-order chi connectivity index (χ0) is 18.8. The summed E-state index contributed by atoms with van der Waals surface area (Å²) < 4.78 is 5.10. The molecule has 0 bridgehead atoms. The van der Waals surface area contributed by atoms with E-state index in [1.54, 1.807) is 31.4 Å². The number of halogens is 1. The third-order valence-electron chi connectivity index (χ3n) is 3.93. The van der Waals surface area contributed by atoms with Gasteiger partial charge in [-0.2, -0.15) is 0 Å². The van der Waals surface area contributed by atoms with Gasteiger partial charge in [-0.05, 0) is 49.8 Å². The molecule has 0 radical (unpaired) electrons. The summed E-state index contributed by atoms with van der Waals surface area (Å²) in [6, 6.07) is 15.2. The molecule has 0 aliphatic rings. The fourth-order valence-corrected chi connectivity index (χ4v) is 2.48. The van der Waals surface area contributed by atoms with Crippen molar-refractivity contribution in [2.75, 3.05) is 27.2 Å². The maximum Gasteiger partial charge on any atom is 0.252 e. The third kappa shape index (κ3) is 6.92. The van der Waals surface area contributed by atoms with E-state index in [4.69, 9.17) is 4.74 Å². The van der Waals surface area contributed by atoms with Crippen LogP contribution in [0.5, 0.6) is 5.75 Å². The highest BCUT2D eigenvalue weighted by Gasteiger charge is 2.22. The molecule has 0 spiro atoms. The van der Waals surface area contributed by atoms with E-state index in [-0.39, 0.29) is 24.2 Å². The van der Waals surface area contributed by atoms with Gasteiger partial charge in [0.25, 0.3) is 5.91 Å². The van der Waals surface area contributed by atoms with Crippen molar-refractivity contribution >= 4 is 24.2 Å². The molecular weight excluding hydrogens is 366 g/mol. The molecule has 0 fully saturated rings. The van der Waals surface area contributed by atoms with E-state index < -0.39 is 6.04 Å². The van der Waals surface area contributed by atoms with Gasteiger partial charge in [0, 0.05) is 12.1 Å². The van der Waals surface area contributed by atoms with Gasteiger partial charge in [0.1, 0.15) is 11.8 Å². The third-order valence-corrected chi connectivity index (χ3v) is 3.93. The largest absolute Gasteiger partial charge is 0.497 e. The number of ether oxygens (including phenoxy) is 1. The maximum absolute atomic E-state index is 12.6. The number of benzene rings is 2. The van der Waals surface area contributed by atoms with Crippen molar-refractivity contribution in [3.05, 3.63) is 65.7 Å². The second-order valence-electron chi connectivity index (χ2n) is 5.79. The predicted molar refractivity (Wildman–Crippen MR) is 108 cm³/mol. The normalized spacial score (nSPS) is 11.0. The van der Waals surface area contributed by atoms with Crippen molar-refractivity contribution in [3.8, 4) is 5.75 Å². The average Bonchev–Trinajstić information content (AvgIpc) is 2.69. The Labute approximate surface area is 166 Å². The van der Waals surface area contributed by atoms with Crippen LogP contribution in [0.2, 0.25) is 0 Å². The molecule has 6 nitrogen and oxygen atoms in total. The Morgan fingerprint density at radius 3 is 2.26 bits per heavy atom. The molecule has 27 heavy (non-hydrogen) atoms. The minimum atomic E-state index is -0.750. The SMILES string of the molecule is CNCCCNC(=O)C(NC(=O)c1ccc(OC)cc1)c1ccccc1.Cl. The number of carbonyl (C=O) groups is 2. The van der Waals surface area contributed by atoms with Crippen LogP contribution in [0.1, 0.15) is 28.4 Å². The molecule has 2 rings (SSSR count). The maximum atomic E-state index is 12.6. The van der Waals surface area contributed by atoms with E-state index in [9.17, 15) is 9.59 Å². The quantitative estimate of drug-likeness (QED) is 0.573. The summed E-state index contributed by atoms with van der Waals surface area (Å²) in [6.07, 6.45) is 0.816. The number of hydrogen-bond donors (Lipinski definition) is 3. The van der Waals surface area contributed by atoms with Crippen LogP contribution in [-0.2, 0) is 4.79 Å². The van der Waals surface area contributed by atoms with Crippen LogP contribution in [0.15, 0.2) is 54.6 Å². The zero-order valence-corrected chi connectivity index (χ0v) is 16.3. The summed E-state index contributed by atoms with van der Waals surface area (Å²) in [5.41, 5.74) is 1.20. The standard InChI is InChI=1S/C20H25N3O3.ClH/c1-21-13-6-14-22-20(25)18(15-7-4-3-5-8-15)23-19(24)16-9-11-17(26-2)12-10-16;/h3-5,7-12,18,21H,6,13-14H2,1-2H3,(H,22,25)(H,23,24);1H. The summed E-state index contributed by atoms with van der Waals surface area (Å²) in [5, 5.41) is 8.73. The van der Waals surface area contributed by atoms with Crippen molar-refractivity contribution in [1.82, 2.24) is 16.0 Å². The first-order chi connectivity index (χ1) is 12.7. The van der Waals surface area contributed by atoms with E-state index in [2.05, 4.69) is 16.0 Å². The van der Waals surface area contributed by atoms with Crippen molar-refractivity contribution in [3.63, 3.8) is 0 Å². The first-order valence-electron chi connectivity index (χ1n) is 8.58. The molecule has 0 heterocycles. The lowest BCUT2D eigenvalue weighted by Crippen LogP contribution is -2.41. The molecule has 2 aromatic carbocycles. The number of rotatable bonds is 9. The van der Waals surface area contributed by atoms with Crippen LogP contribution in [0.3, 0.4) is 0 Å². The first kappa shape index (κ1) is 22.5. The van der Waals surface area contributed by atoms with E-state index in [0.717, 1.165) is 18.5 Å². The fraction of sp³-hybridized carbons (Fsp3) is 0.300. The topological polar surface area (TPSA) is 79.5 Å². The first-order valence-corrected chi connectivity index (χ1v) is 8.58. The second kappa shape index (κ2) is 11.9. The van der Waals surface area contributed by atoms with Gasteiger partial charge in [0.05, 0.1) is 7.11 Å². The highest BCUT2D eigenvalue weighted by Crippen LogP contribution is 2.16. The average molecular weight is 392 g/mol. The Balaban J connectivity index is 0.00000364. The summed E-state index contributed by atoms with van der Waals surface area (Å²) in [5.74, 6) is 0.129. The smallest absolute Gasteiger partial charge is 0.252 e. The van der Waals surface area contributed by atoms with Gasteiger partial charge in [-0.25, -0.2) is 0 Å². The Kier molecular flexibility index (Phi) is 9.93. The Hall–Kier alpha value is -2.57. The lowest BCUT2D eigenvalue weighted by molar-refractivity contribution is -0.123. The molecule has 2 aromatic rings. The summed E-state index contributed by atoms with van der Waals surface area (Å²) >= 11 is 0. The summed E-state index contributed by atoms with van der Waals surface area (Å²) in [4.78, 5) is 25.2. The number of nitrogens with one attached hydrogen (secondary N) is 3. The van der Waals surface area contributed by atoms with Gasteiger partial charge in [0.2, 0.25) is 5.91 Å². The van der Waals surface area contributed by atoms with Crippen molar-refractivity contribution in [2.24, 2.45) is 0 Å². The molecule has 0 aromatic heterocycles. The molecule has 0 aliphatic carbocycles. The van der Waals surface area contributed by atoms with Crippen LogP contribution in [-0.4, -0.2) is 39.1 Å². The van der Waals surface area contributed by atoms with Gasteiger partial charge in [0.15, 0.2) is 0 Å².